The summed E-state index contributed by atoms with van der Waals surface area (Å²) in [5.41, 5.74) is 3.05. The zero-order chi connectivity index (χ0) is 15.5. The highest BCUT2D eigenvalue weighted by Crippen LogP contribution is 2.32. The fourth-order valence-corrected chi connectivity index (χ4v) is 3.05. The first kappa shape index (κ1) is 16.3. The zero-order valence-electron chi connectivity index (χ0n) is 14.2. The summed E-state index contributed by atoms with van der Waals surface area (Å²) in [5, 5.41) is 3.81. The van der Waals surface area contributed by atoms with Crippen LogP contribution in [0.2, 0.25) is 0 Å². The van der Waals surface area contributed by atoms with Crippen molar-refractivity contribution in [3.8, 4) is 0 Å². The van der Waals surface area contributed by atoms with E-state index in [9.17, 15) is 0 Å². The van der Waals surface area contributed by atoms with Crippen LogP contribution in [-0.2, 0) is 5.54 Å². The quantitative estimate of drug-likeness (QED) is 0.843. The van der Waals surface area contributed by atoms with Crippen molar-refractivity contribution in [3.63, 3.8) is 0 Å². The molecule has 2 heteroatoms. The van der Waals surface area contributed by atoms with Gasteiger partial charge in [0.2, 0.25) is 0 Å². The van der Waals surface area contributed by atoms with Crippen molar-refractivity contribution in [2.24, 2.45) is 0 Å². The first-order chi connectivity index (χ1) is 9.89. The van der Waals surface area contributed by atoms with E-state index in [2.05, 4.69) is 81.2 Å². The van der Waals surface area contributed by atoms with Gasteiger partial charge < -0.3 is 5.32 Å². The number of benzene rings is 1. The smallest absolute Gasteiger partial charge is 0.0535 e. The maximum absolute atomic E-state index is 3.81. The minimum Gasteiger partial charge on any atom is -0.305 e. The van der Waals surface area contributed by atoms with E-state index in [1.54, 1.807) is 0 Å². The molecule has 1 N–H and O–H groups in total. The average Bonchev–Trinajstić information content (AvgIpc) is 2.49. The zero-order valence-corrected chi connectivity index (χ0v) is 14.2. The minimum atomic E-state index is 0.0332. The summed E-state index contributed by atoms with van der Waals surface area (Å²) < 4.78 is 0. The molecule has 1 heterocycles. The molecular weight excluding hydrogens is 256 g/mol. The standard InChI is InChI=1S/C19H30N2/c1-6-18(4)14-20-19(5,17-10-8-7-9-11-17)15-21(18)13-12-16(2)3/h7-12,20H,6,13-15H2,1-5H3. The molecule has 2 rings (SSSR count). The molecule has 2 nitrogen and oxygen atoms in total. The van der Waals surface area contributed by atoms with Crippen LogP contribution in [-0.4, -0.2) is 30.1 Å². The monoisotopic (exact) mass is 286 g/mol. The Kier molecular flexibility index (Phi) is 4.90. The van der Waals surface area contributed by atoms with Gasteiger partial charge >= 0.3 is 0 Å². The molecule has 116 valence electrons. The summed E-state index contributed by atoms with van der Waals surface area (Å²) in [5.74, 6) is 0. The van der Waals surface area contributed by atoms with E-state index in [4.69, 9.17) is 0 Å². The second-order valence-electron chi connectivity index (χ2n) is 7.06. The topological polar surface area (TPSA) is 15.3 Å². The van der Waals surface area contributed by atoms with Crippen LogP contribution in [0.3, 0.4) is 0 Å². The van der Waals surface area contributed by atoms with Crippen LogP contribution in [0.1, 0.15) is 46.6 Å². The molecule has 1 aromatic carbocycles. The second-order valence-corrected chi connectivity index (χ2v) is 7.06. The molecule has 0 aliphatic carbocycles. The van der Waals surface area contributed by atoms with Gasteiger partial charge in [-0.3, -0.25) is 4.90 Å². The molecule has 0 saturated carbocycles. The second kappa shape index (κ2) is 6.33. The van der Waals surface area contributed by atoms with E-state index in [-0.39, 0.29) is 11.1 Å². The number of allylic oxidation sites excluding steroid dienone is 1. The molecule has 1 aliphatic heterocycles. The van der Waals surface area contributed by atoms with Crippen molar-refractivity contribution in [2.45, 2.75) is 52.1 Å². The van der Waals surface area contributed by atoms with Crippen LogP contribution in [0, 0.1) is 0 Å². The molecule has 1 fully saturated rings. The fraction of sp³-hybridized carbons (Fsp3) is 0.579. The van der Waals surface area contributed by atoms with Crippen LogP contribution < -0.4 is 5.32 Å². The van der Waals surface area contributed by atoms with Crippen LogP contribution >= 0.6 is 0 Å². The highest BCUT2D eigenvalue weighted by atomic mass is 15.3. The van der Waals surface area contributed by atoms with Gasteiger partial charge in [-0.25, -0.2) is 0 Å². The van der Waals surface area contributed by atoms with Gasteiger partial charge in [0.1, 0.15) is 0 Å². The first-order valence-corrected chi connectivity index (χ1v) is 8.08. The number of rotatable bonds is 4. The van der Waals surface area contributed by atoms with Crippen molar-refractivity contribution in [3.05, 3.63) is 47.5 Å². The summed E-state index contributed by atoms with van der Waals surface area (Å²) in [4.78, 5) is 2.64. The van der Waals surface area contributed by atoms with Gasteiger partial charge in [0, 0.05) is 25.2 Å². The van der Waals surface area contributed by atoms with Crippen LogP contribution in [0.4, 0.5) is 0 Å². The molecule has 0 radical (unpaired) electrons. The van der Waals surface area contributed by atoms with Gasteiger partial charge in [0.15, 0.2) is 0 Å². The van der Waals surface area contributed by atoms with Gasteiger partial charge in [0.05, 0.1) is 5.54 Å². The minimum absolute atomic E-state index is 0.0332. The molecule has 0 spiro atoms. The number of nitrogens with zero attached hydrogens (tertiary/aromatic N) is 1. The van der Waals surface area contributed by atoms with E-state index in [1.165, 1.54) is 17.6 Å². The Morgan fingerprint density at radius 2 is 1.90 bits per heavy atom. The lowest BCUT2D eigenvalue weighted by atomic mass is 9.83. The molecule has 1 aliphatic rings. The van der Waals surface area contributed by atoms with Crippen molar-refractivity contribution < 1.29 is 0 Å². The van der Waals surface area contributed by atoms with Gasteiger partial charge in [-0.05, 0) is 39.7 Å². The Morgan fingerprint density at radius 1 is 1.24 bits per heavy atom. The molecule has 0 bridgehead atoms. The van der Waals surface area contributed by atoms with Gasteiger partial charge in [-0.2, -0.15) is 0 Å². The van der Waals surface area contributed by atoms with Crippen LogP contribution in [0.5, 0.6) is 0 Å². The Balaban J connectivity index is 2.24. The number of hydrogen-bond acceptors (Lipinski definition) is 2. The molecule has 1 aromatic rings. The molecule has 2 unspecified atom stereocenters. The van der Waals surface area contributed by atoms with Crippen molar-refractivity contribution in [2.75, 3.05) is 19.6 Å². The number of nitrogens with one attached hydrogen (secondary N) is 1. The maximum Gasteiger partial charge on any atom is 0.0535 e. The Morgan fingerprint density at radius 3 is 2.48 bits per heavy atom. The normalized spacial score (nSPS) is 30.1. The lowest BCUT2D eigenvalue weighted by Gasteiger charge is -2.52. The Labute approximate surface area is 130 Å². The lowest BCUT2D eigenvalue weighted by Crippen LogP contribution is -2.66. The summed E-state index contributed by atoms with van der Waals surface area (Å²) in [7, 11) is 0. The molecular formula is C19H30N2. The highest BCUT2D eigenvalue weighted by Gasteiger charge is 2.41. The molecule has 0 aromatic heterocycles. The summed E-state index contributed by atoms with van der Waals surface area (Å²) >= 11 is 0. The third kappa shape index (κ3) is 3.56. The van der Waals surface area contributed by atoms with Crippen molar-refractivity contribution in [1.29, 1.82) is 0 Å². The Hall–Kier alpha value is -1.12. The van der Waals surface area contributed by atoms with E-state index >= 15 is 0 Å². The maximum atomic E-state index is 3.81. The molecule has 1 saturated heterocycles. The fourth-order valence-electron chi connectivity index (χ4n) is 3.05. The molecule has 2 atom stereocenters. The van der Waals surface area contributed by atoms with Crippen LogP contribution in [0.25, 0.3) is 0 Å². The van der Waals surface area contributed by atoms with Gasteiger partial charge in [-0.15, -0.1) is 0 Å². The predicted molar refractivity (Wildman–Crippen MR) is 91.5 cm³/mol. The van der Waals surface area contributed by atoms with Gasteiger partial charge in [0.25, 0.3) is 0 Å². The number of piperazine rings is 1. The predicted octanol–water partition coefficient (Wildman–Crippen LogP) is 3.94. The van der Waals surface area contributed by atoms with E-state index < -0.39 is 0 Å². The largest absolute Gasteiger partial charge is 0.305 e. The first-order valence-electron chi connectivity index (χ1n) is 8.08. The van der Waals surface area contributed by atoms with Crippen molar-refractivity contribution in [1.82, 2.24) is 10.2 Å². The molecule has 0 amide bonds. The molecule has 21 heavy (non-hydrogen) atoms. The summed E-state index contributed by atoms with van der Waals surface area (Å²) in [6, 6.07) is 10.8. The average molecular weight is 286 g/mol. The van der Waals surface area contributed by atoms with Gasteiger partial charge in [-0.1, -0.05) is 48.9 Å². The van der Waals surface area contributed by atoms with Crippen LogP contribution in [0.15, 0.2) is 42.0 Å². The Bertz CT molecular complexity index is 490. The lowest BCUT2D eigenvalue weighted by molar-refractivity contribution is 0.0266. The highest BCUT2D eigenvalue weighted by molar-refractivity contribution is 5.26. The van der Waals surface area contributed by atoms with E-state index in [1.807, 2.05) is 0 Å². The third-order valence-electron chi connectivity index (χ3n) is 5.02. The SMILES string of the molecule is CCC1(C)CNC(C)(c2ccccc2)CN1CC=C(C)C. The van der Waals surface area contributed by atoms with Crippen molar-refractivity contribution >= 4 is 0 Å². The number of hydrogen-bond donors (Lipinski definition) is 1. The van der Waals surface area contributed by atoms with E-state index in [0.29, 0.717) is 0 Å². The summed E-state index contributed by atoms with van der Waals surface area (Å²) in [6.07, 6.45) is 3.52. The van der Waals surface area contributed by atoms with E-state index in [0.717, 1.165) is 19.6 Å². The third-order valence-corrected chi connectivity index (χ3v) is 5.02. The summed E-state index contributed by atoms with van der Waals surface area (Å²) in [6.45, 7) is 14.5.